The summed E-state index contributed by atoms with van der Waals surface area (Å²) < 4.78 is 13.1. The molecule has 1 N–H and O–H groups in total. The molecule has 1 saturated heterocycles. The zero-order valence-corrected chi connectivity index (χ0v) is 14.2. The highest BCUT2D eigenvalue weighted by Gasteiger charge is 2.56. The molecular formula is C21H23FN2O. The van der Waals surface area contributed by atoms with E-state index in [0.29, 0.717) is 6.54 Å². The van der Waals surface area contributed by atoms with Gasteiger partial charge in [-0.15, -0.1) is 0 Å². The number of rotatable bonds is 5. The molecule has 0 aliphatic carbocycles. The molecule has 1 spiro atoms. The first-order valence-electron chi connectivity index (χ1n) is 9.00. The molecule has 0 radical (unpaired) electrons. The third-order valence-electron chi connectivity index (χ3n) is 5.79. The van der Waals surface area contributed by atoms with Crippen molar-refractivity contribution >= 4 is 11.6 Å². The molecular weight excluding hydrogens is 315 g/mol. The van der Waals surface area contributed by atoms with Crippen molar-refractivity contribution in [1.29, 1.82) is 0 Å². The van der Waals surface area contributed by atoms with E-state index in [4.69, 9.17) is 0 Å². The maximum atomic E-state index is 13.1. The molecule has 4 heteroatoms. The summed E-state index contributed by atoms with van der Waals surface area (Å²) in [5, 5.41) is 3.06. The van der Waals surface area contributed by atoms with Crippen molar-refractivity contribution in [2.24, 2.45) is 0 Å². The number of para-hydroxylation sites is 1. The molecule has 2 aromatic rings. The summed E-state index contributed by atoms with van der Waals surface area (Å²) in [5.41, 5.74) is 2.72. The van der Waals surface area contributed by atoms with Gasteiger partial charge in [0, 0.05) is 18.3 Å². The predicted octanol–water partition coefficient (Wildman–Crippen LogP) is 3.55. The molecule has 25 heavy (non-hydrogen) atoms. The van der Waals surface area contributed by atoms with E-state index in [9.17, 15) is 9.18 Å². The molecule has 3 nitrogen and oxygen atoms in total. The van der Waals surface area contributed by atoms with E-state index in [2.05, 4.69) is 28.4 Å². The van der Waals surface area contributed by atoms with Gasteiger partial charge in [-0.2, -0.15) is 0 Å². The molecule has 0 unspecified atom stereocenters. The van der Waals surface area contributed by atoms with Crippen LogP contribution in [0.3, 0.4) is 0 Å². The summed E-state index contributed by atoms with van der Waals surface area (Å²) in [6.07, 6.45) is 2.51. The lowest BCUT2D eigenvalue weighted by Gasteiger charge is -2.34. The number of nitrogens with zero attached hydrogens (tertiary/aromatic N) is 1. The summed E-state index contributed by atoms with van der Waals surface area (Å²) in [7, 11) is 0. The number of likely N-dealkylation sites (tertiary alicyclic amines) is 1. The number of amides is 1. The number of alkyl halides is 1. The van der Waals surface area contributed by atoms with Gasteiger partial charge in [0.1, 0.15) is 6.67 Å². The van der Waals surface area contributed by atoms with E-state index >= 15 is 0 Å². The molecule has 2 aliphatic rings. The number of hydrogen-bond acceptors (Lipinski definition) is 2. The molecule has 1 amide bonds. The van der Waals surface area contributed by atoms with Gasteiger partial charge in [0.05, 0.1) is 5.41 Å². The van der Waals surface area contributed by atoms with E-state index in [1.807, 2.05) is 36.4 Å². The number of carbonyl (C=O) groups excluding carboxylic acids is 1. The van der Waals surface area contributed by atoms with Crippen LogP contribution in [0, 0.1) is 0 Å². The van der Waals surface area contributed by atoms with Crippen LogP contribution >= 0.6 is 0 Å². The van der Waals surface area contributed by atoms with E-state index in [0.717, 1.165) is 37.1 Å². The van der Waals surface area contributed by atoms with Crippen LogP contribution < -0.4 is 5.32 Å². The number of fused-ring (bicyclic) bond motifs is 2. The van der Waals surface area contributed by atoms with Gasteiger partial charge in [0.15, 0.2) is 0 Å². The Morgan fingerprint density at radius 3 is 2.68 bits per heavy atom. The smallest absolute Gasteiger partial charge is 0.236 e. The first kappa shape index (κ1) is 16.3. The van der Waals surface area contributed by atoms with E-state index in [1.54, 1.807) is 0 Å². The Balaban J connectivity index is 1.67. The quantitative estimate of drug-likeness (QED) is 0.904. The fourth-order valence-corrected chi connectivity index (χ4v) is 4.62. The molecule has 0 saturated carbocycles. The highest BCUT2D eigenvalue weighted by molar-refractivity contribution is 6.07. The lowest BCUT2D eigenvalue weighted by Crippen LogP contribution is -2.47. The molecule has 130 valence electrons. The zero-order valence-electron chi connectivity index (χ0n) is 14.2. The SMILES string of the molecule is O=C1Nc2ccccc2[C@@]12CCN(CCF)[C@H]2CCc1ccccc1. The molecule has 4 rings (SSSR count). The molecule has 0 bridgehead atoms. The number of nitrogens with one attached hydrogen (secondary N) is 1. The number of halogens is 1. The van der Waals surface area contributed by atoms with Crippen molar-refractivity contribution in [1.82, 2.24) is 4.90 Å². The molecule has 2 aromatic carbocycles. The van der Waals surface area contributed by atoms with E-state index in [-0.39, 0.29) is 18.6 Å². The minimum absolute atomic E-state index is 0.0344. The van der Waals surface area contributed by atoms with Crippen LogP contribution in [-0.4, -0.2) is 36.6 Å². The van der Waals surface area contributed by atoms with Crippen LogP contribution in [0.4, 0.5) is 10.1 Å². The van der Waals surface area contributed by atoms with Gasteiger partial charge in [0.2, 0.25) is 5.91 Å². The molecule has 1 fully saturated rings. The highest BCUT2D eigenvalue weighted by Crippen LogP contribution is 2.49. The van der Waals surface area contributed by atoms with Crippen LogP contribution in [0.5, 0.6) is 0 Å². The number of aryl methyl sites for hydroxylation is 1. The van der Waals surface area contributed by atoms with Crippen LogP contribution in [-0.2, 0) is 16.6 Å². The van der Waals surface area contributed by atoms with Crippen LogP contribution in [0.15, 0.2) is 54.6 Å². The van der Waals surface area contributed by atoms with Gasteiger partial charge >= 0.3 is 0 Å². The third kappa shape index (κ3) is 2.65. The van der Waals surface area contributed by atoms with Crippen molar-refractivity contribution in [2.75, 3.05) is 25.1 Å². The largest absolute Gasteiger partial charge is 0.325 e. The van der Waals surface area contributed by atoms with Crippen molar-refractivity contribution < 1.29 is 9.18 Å². The van der Waals surface area contributed by atoms with Gasteiger partial charge in [0.25, 0.3) is 0 Å². The Kier molecular flexibility index (Phi) is 4.30. The fraction of sp³-hybridized carbons (Fsp3) is 0.381. The minimum atomic E-state index is -0.541. The average Bonchev–Trinajstić information content (AvgIpc) is 3.14. The number of hydrogen-bond donors (Lipinski definition) is 1. The Bertz CT molecular complexity index is 764. The fourth-order valence-electron chi connectivity index (χ4n) is 4.62. The van der Waals surface area contributed by atoms with Crippen molar-refractivity contribution in [3.63, 3.8) is 0 Å². The normalized spacial score (nSPS) is 25.3. The topological polar surface area (TPSA) is 32.3 Å². The molecule has 0 aromatic heterocycles. The lowest BCUT2D eigenvalue weighted by atomic mass is 9.73. The second-order valence-corrected chi connectivity index (χ2v) is 6.99. The van der Waals surface area contributed by atoms with Crippen molar-refractivity contribution in [3.8, 4) is 0 Å². The number of carbonyl (C=O) groups is 1. The summed E-state index contributed by atoms with van der Waals surface area (Å²) in [6, 6.07) is 18.3. The van der Waals surface area contributed by atoms with Gasteiger partial charge in [-0.25, -0.2) is 4.39 Å². The van der Waals surface area contributed by atoms with E-state index in [1.165, 1.54) is 5.56 Å². The Hall–Kier alpha value is -2.20. The predicted molar refractivity (Wildman–Crippen MR) is 97.5 cm³/mol. The molecule has 2 atom stereocenters. The van der Waals surface area contributed by atoms with Gasteiger partial charge in [-0.3, -0.25) is 9.69 Å². The second-order valence-electron chi connectivity index (χ2n) is 6.99. The van der Waals surface area contributed by atoms with Gasteiger partial charge in [-0.05, 0) is 43.0 Å². The summed E-state index contributed by atoms with van der Waals surface area (Å²) >= 11 is 0. The summed E-state index contributed by atoms with van der Waals surface area (Å²) in [5.74, 6) is 0.0770. The highest BCUT2D eigenvalue weighted by atomic mass is 19.1. The zero-order chi connectivity index (χ0) is 17.3. The van der Waals surface area contributed by atoms with Crippen molar-refractivity contribution in [2.45, 2.75) is 30.7 Å². The first-order chi connectivity index (χ1) is 12.3. The Morgan fingerprint density at radius 1 is 1.12 bits per heavy atom. The maximum absolute atomic E-state index is 13.1. The number of anilines is 1. The monoisotopic (exact) mass is 338 g/mol. The molecule has 2 aliphatic heterocycles. The average molecular weight is 338 g/mol. The number of benzene rings is 2. The van der Waals surface area contributed by atoms with E-state index < -0.39 is 5.41 Å². The van der Waals surface area contributed by atoms with Crippen LogP contribution in [0.2, 0.25) is 0 Å². The Labute approximate surface area is 147 Å². The Morgan fingerprint density at radius 2 is 1.88 bits per heavy atom. The second kappa shape index (κ2) is 6.60. The third-order valence-corrected chi connectivity index (χ3v) is 5.79. The standard InChI is InChI=1S/C21H23FN2O/c22-13-15-24-14-12-21(17-8-4-5-9-18(17)23-20(21)25)19(24)11-10-16-6-2-1-3-7-16/h1-9,19H,10-15H2,(H,23,25)/t19-,21+/m0/s1. The summed E-state index contributed by atoms with van der Waals surface area (Å²) in [4.78, 5) is 15.2. The minimum Gasteiger partial charge on any atom is -0.325 e. The molecule has 2 heterocycles. The maximum Gasteiger partial charge on any atom is 0.236 e. The van der Waals surface area contributed by atoms with Crippen LogP contribution in [0.25, 0.3) is 0 Å². The van der Waals surface area contributed by atoms with Crippen LogP contribution in [0.1, 0.15) is 24.0 Å². The first-order valence-corrected chi connectivity index (χ1v) is 9.00. The van der Waals surface area contributed by atoms with Crippen molar-refractivity contribution in [3.05, 3.63) is 65.7 Å². The summed E-state index contributed by atoms with van der Waals surface area (Å²) in [6.45, 7) is 0.795. The van der Waals surface area contributed by atoms with Gasteiger partial charge < -0.3 is 5.32 Å². The lowest BCUT2D eigenvalue weighted by molar-refractivity contribution is -0.121. The van der Waals surface area contributed by atoms with Gasteiger partial charge in [-0.1, -0.05) is 48.5 Å².